The van der Waals surface area contributed by atoms with Gasteiger partial charge in [-0.2, -0.15) is 0 Å². The topological polar surface area (TPSA) is 105 Å². The number of rotatable bonds is 13. The van der Waals surface area contributed by atoms with E-state index in [0.29, 0.717) is 24.7 Å². The quantitative estimate of drug-likeness (QED) is 0.276. The summed E-state index contributed by atoms with van der Waals surface area (Å²) in [5, 5.41) is 3.04. The number of hydrogen-bond acceptors (Lipinski definition) is 6. The molecule has 9 nitrogen and oxygen atoms in total. The van der Waals surface area contributed by atoms with E-state index < -0.39 is 28.5 Å². The Morgan fingerprint density at radius 2 is 1.60 bits per heavy atom. The molecule has 2 amide bonds. The average Bonchev–Trinajstić information content (AvgIpc) is 3.02. The maximum atomic E-state index is 14.3. The van der Waals surface area contributed by atoms with Gasteiger partial charge in [-0.1, -0.05) is 65.3 Å². The molecule has 4 rings (SSSR count). The number of carbonyl (C=O) groups excluding carboxylic acids is 2. The minimum absolute atomic E-state index is 0.106. The molecule has 0 saturated carbocycles. The van der Waals surface area contributed by atoms with Crippen molar-refractivity contribution >= 4 is 43.5 Å². The Balaban J connectivity index is 1.75. The first-order valence-electron chi connectivity index (χ1n) is 14.4. The van der Waals surface area contributed by atoms with Gasteiger partial charge in [-0.05, 0) is 55.7 Å². The lowest BCUT2D eigenvalue weighted by Gasteiger charge is -2.34. The molecule has 3 aromatic rings. The Morgan fingerprint density at radius 3 is 2.26 bits per heavy atom. The number of carbonyl (C=O) groups is 2. The summed E-state index contributed by atoms with van der Waals surface area (Å²) < 4.78 is 40.1. The van der Waals surface area contributed by atoms with E-state index in [2.05, 4.69) is 21.2 Å². The predicted molar refractivity (Wildman–Crippen MR) is 171 cm³/mol. The largest absolute Gasteiger partial charge is 0.486 e. The van der Waals surface area contributed by atoms with E-state index in [4.69, 9.17) is 9.47 Å². The minimum Gasteiger partial charge on any atom is -0.486 e. The van der Waals surface area contributed by atoms with Crippen molar-refractivity contribution < 1.29 is 27.5 Å². The van der Waals surface area contributed by atoms with E-state index in [1.807, 2.05) is 68.4 Å². The number of fused-ring (bicyclic) bond motifs is 1. The highest BCUT2D eigenvalue weighted by Crippen LogP contribution is 2.35. The second-order valence-electron chi connectivity index (χ2n) is 10.4. The van der Waals surface area contributed by atoms with Crippen molar-refractivity contribution in [2.75, 3.05) is 29.8 Å². The van der Waals surface area contributed by atoms with Crippen LogP contribution in [0, 0.1) is 0 Å². The highest BCUT2D eigenvalue weighted by Gasteiger charge is 2.34. The van der Waals surface area contributed by atoms with Gasteiger partial charge < -0.3 is 19.7 Å². The number of amides is 2. The number of anilines is 1. The zero-order valence-corrected chi connectivity index (χ0v) is 27.1. The van der Waals surface area contributed by atoms with Gasteiger partial charge in [0.05, 0.1) is 11.4 Å². The van der Waals surface area contributed by atoms with Crippen LogP contribution >= 0.6 is 15.9 Å². The summed E-state index contributed by atoms with van der Waals surface area (Å²) in [4.78, 5) is 29.6. The van der Waals surface area contributed by atoms with Crippen LogP contribution in [0.2, 0.25) is 0 Å². The lowest BCUT2D eigenvalue weighted by Crippen LogP contribution is -2.54. The third-order valence-corrected chi connectivity index (χ3v) is 9.60. The monoisotopic (exact) mass is 671 g/mol. The molecule has 0 saturated heterocycles. The maximum Gasteiger partial charge on any atom is 0.244 e. The second-order valence-corrected chi connectivity index (χ2v) is 13.5. The fourth-order valence-corrected chi connectivity index (χ4v) is 6.01. The Kier molecular flexibility index (Phi) is 11.1. The molecule has 0 radical (unpaired) electrons. The zero-order valence-electron chi connectivity index (χ0n) is 24.7. The van der Waals surface area contributed by atoms with Crippen LogP contribution in [0.1, 0.15) is 38.3 Å². The third-order valence-electron chi connectivity index (χ3n) is 7.33. The highest BCUT2D eigenvalue weighted by molar-refractivity contribution is 9.10. The van der Waals surface area contributed by atoms with E-state index in [1.165, 1.54) is 11.8 Å². The first kappa shape index (κ1) is 32.3. The molecule has 0 unspecified atom stereocenters. The van der Waals surface area contributed by atoms with E-state index in [9.17, 15) is 18.0 Å². The summed E-state index contributed by atoms with van der Waals surface area (Å²) in [5.74, 6) is -0.0997. The molecule has 230 valence electrons. The van der Waals surface area contributed by atoms with Gasteiger partial charge in [0.2, 0.25) is 21.8 Å². The summed E-state index contributed by atoms with van der Waals surface area (Å²) in [6.07, 6.45) is 0.979. The standard InChI is InChI=1S/C32H38BrN3O6S/c1-4-23(3)34-32(38)28(19-24-9-7-6-8-10-24)35(21-25-11-13-26(33)14-12-25)31(37)22-36(43(39,40)5-2)27-15-16-29-30(20-27)42-18-17-41-29/h6-16,20,23,28H,4-5,17-19,21-22H2,1-3H3,(H,34,38)/t23-,28-/m1/s1. The molecule has 1 aliphatic rings. The second kappa shape index (κ2) is 14.7. The van der Waals surface area contributed by atoms with E-state index in [0.717, 1.165) is 26.3 Å². The molecular weight excluding hydrogens is 634 g/mol. The summed E-state index contributed by atoms with van der Waals surface area (Å²) in [5.41, 5.74) is 1.96. The van der Waals surface area contributed by atoms with Crippen LogP contribution in [0.4, 0.5) is 5.69 Å². The van der Waals surface area contributed by atoms with Gasteiger partial charge in [0, 0.05) is 29.5 Å². The molecule has 0 spiro atoms. The van der Waals surface area contributed by atoms with Gasteiger partial charge in [-0.3, -0.25) is 13.9 Å². The summed E-state index contributed by atoms with van der Waals surface area (Å²) >= 11 is 3.45. The normalized spacial score (nSPS) is 14.0. The number of benzene rings is 3. The molecule has 2 atom stereocenters. The summed E-state index contributed by atoms with van der Waals surface area (Å²) in [7, 11) is -3.89. The number of nitrogens with one attached hydrogen (secondary N) is 1. The number of nitrogens with zero attached hydrogens (tertiary/aromatic N) is 2. The molecule has 1 N–H and O–H groups in total. The minimum atomic E-state index is -3.89. The van der Waals surface area contributed by atoms with Crippen LogP contribution in [-0.4, -0.2) is 62.7 Å². The Morgan fingerprint density at radius 1 is 0.930 bits per heavy atom. The maximum absolute atomic E-state index is 14.3. The van der Waals surface area contributed by atoms with Crippen molar-refractivity contribution in [3.8, 4) is 11.5 Å². The van der Waals surface area contributed by atoms with Gasteiger partial charge in [0.15, 0.2) is 11.5 Å². The molecule has 3 aromatic carbocycles. The Labute approximate surface area is 262 Å². The highest BCUT2D eigenvalue weighted by atomic mass is 79.9. The SMILES string of the molecule is CC[C@@H](C)NC(=O)[C@@H](Cc1ccccc1)N(Cc1ccc(Br)cc1)C(=O)CN(c1ccc2c(c1)OCCO2)S(=O)(=O)CC. The van der Waals surface area contributed by atoms with Crippen LogP contribution in [0.25, 0.3) is 0 Å². The van der Waals surface area contributed by atoms with E-state index >= 15 is 0 Å². The molecule has 0 fully saturated rings. The molecule has 1 aliphatic heterocycles. The zero-order chi connectivity index (χ0) is 31.0. The van der Waals surface area contributed by atoms with Crippen LogP contribution in [-0.2, 0) is 32.6 Å². The van der Waals surface area contributed by atoms with Crippen molar-refractivity contribution in [3.05, 3.63) is 88.4 Å². The molecule has 0 aliphatic carbocycles. The number of sulfonamides is 1. The van der Waals surface area contributed by atoms with Crippen LogP contribution in [0.15, 0.2) is 77.3 Å². The van der Waals surface area contributed by atoms with Crippen LogP contribution in [0.5, 0.6) is 11.5 Å². The number of ether oxygens (including phenoxy) is 2. The van der Waals surface area contributed by atoms with Crippen molar-refractivity contribution in [1.82, 2.24) is 10.2 Å². The van der Waals surface area contributed by atoms with E-state index in [1.54, 1.807) is 18.2 Å². The van der Waals surface area contributed by atoms with Crippen molar-refractivity contribution in [2.24, 2.45) is 0 Å². The van der Waals surface area contributed by atoms with Gasteiger partial charge in [0.1, 0.15) is 25.8 Å². The van der Waals surface area contributed by atoms with Gasteiger partial charge in [-0.15, -0.1) is 0 Å². The van der Waals surface area contributed by atoms with E-state index in [-0.39, 0.29) is 36.4 Å². The van der Waals surface area contributed by atoms with Crippen molar-refractivity contribution in [1.29, 1.82) is 0 Å². The molecule has 1 heterocycles. The third kappa shape index (κ3) is 8.51. The van der Waals surface area contributed by atoms with Gasteiger partial charge >= 0.3 is 0 Å². The molecular formula is C32H38BrN3O6S. The van der Waals surface area contributed by atoms with Gasteiger partial charge in [0.25, 0.3) is 0 Å². The summed E-state index contributed by atoms with van der Waals surface area (Å²) in [6.45, 7) is 5.77. The molecule has 11 heteroatoms. The average molecular weight is 673 g/mol. The van der Waals surface area contributed by atoms with Crippen molar-refractivity contribution in [2.45, 2.75) is 52.2 Å². The Hall–Kier alpha value is -3.57. The number of halogens is 1. The summed E-state index contributed by atoms with van der Waals surface area (Å²) in [6, 6.07) is 20.8. The number of hydrogen-bond donors (Lipinski definition) is 1. The lowest BCUT2D eigenvalue weighted by molar-refractivity contribution is -0.140. The lowest BCUT2D eigenvalue weighted by atomic mass is 10.0. The first-order chi connectivity index (χ1) is 20.6. The fourth-order valence-electron chi connectivity index (χ4n) is 4.69. The molecule has 43 heavy (non-hydrogen) atoms. The van der Waals surface area contributed by atoms with Crippen molar-refractivity contribution in [3.63, 3.8) is 0 Å². The van der Waals surface area contributed by atoms with Gasteiger partial charge in [-0.25, -0.2) is 8.42 Å². The fraction of sp³-hybridized carbons (Fsp3) is 0.375. The van der Waals surface area contributed by atoms with Crippen LogP contribution in [0.3, 0.4) is 0 Å². The predicted octanol–water partition coefficient (Wildman–Crippen LogP) is 4.93. The van der Waals surface area contributed by atoms with Crippen LogP contribution < -0.4 is 19.1 Å². The first-order valence-corrected chi connectivity index (χ1v) is 16.8. The molecule has 0 aromatic heterocycles. The Bertz CT molecular complexity index is 1500. The smallest absolute Gasteiger partial charge is 0.244 e. The molecule has 0 bridgehead atoms.